The van der Waals surface area contributed by atoms with Crippen LogP contribution in [-0.2, 0) is 5.54 Å². The van der Waals surface area contributed by atoms with E-state index in [0.29, 0.717) is 5.69 Å². The Bertz CT molecular complexity index is 472. The molecule has 106 valence electrons. The number of amides is 1. The second-order valence-electron chi connectivity index (χ2n) is 6.31. The van der Waals surface area contributed by atoms with Gasteiger partial charge in [0.2, 0.25) is 0 Å². The summed E-state index contributed by atoms with van der Waals surface area (Å²) in [5, 5.41) is 7.79. The molecule has 1 aliphatic rings. The van der Waals surface area contributed by atoms with E-state index < -0.39 is 0 Å². The van der Waals surface area contributed by atoms with Crippen molar-refractivity contribution in [3.8, 4) is 0 Å². The predicted octanol–water partition coefficient (Wildman–Crippen LogP) is 1.38. The predicted molar refractivity (Wildman–Crippen MR) is 75.3 cm³/mol. The molecule has 0 spiro atoms. The molecular formula is C14H24N4O. The van der Waals surface area contributed by atoms with E-state index in [0.717, 1.165) is 25.3 Å². The van der Waals surface area contributed by atoms with Crippen LogP contribution < -0.4 is 5.32 Å². The molecule has 1 N–H and O–H groups in total. The first-order chi connectivity index (χ1) is 8.80. The van der Waals surface area contributed by atoms with Crippen molar-refractivity contribution in [1.82, 2.24) is 20.0 Å². The smallest absolute Gasteiger partial charge is 0.274 e. The first-order valence-corrected chi connectivity index (χ1v) is 6.89. The summed E-state index contributed by atoms with van der Waals surface area (Å²) in [7, 11) is 0. The van der Waals surface area contributed by atoms with Gasteiger partial charge in [-0.25, -0.2) is 0 Å². The Morgan fingerprint density at radius 2 is 2.16 bits per heavy atom. The van der Waals surface area contributed by atoms with Gasteiger partial charge in [-0.15, -0.1) is 0 Å². The van der Waals surface area contributed by atoms with Crippen LogP contribution in [0.25, 0.3) is 0 Å². The minimum Gasteiger partial charge on any atom is -0.332 e. The van der Waals surface area contributed by atoms with Crippen molar-refractivity contribution < 1.29 is 4.79 Å². The number of carbonyl (C=O) groups excluding carboxylic acids is 1. The van der Waals surface area contributed by atoms with Crippen LogP contribution in [-0.4, -0.2) is 46.3 Å². The largest absolute Gasteiger partial charge is 0.332 e. The summed E-state index contributed by atoms with van der Waals surface area (Å²) >= 11 is 0. The number of hydrogen-bond acceptors (Lipinski definition) is 3. The van der Waals surface area contributed by atoms with Gasteiger partial charge in [0.15, 0.2) is 5.69 Å². The van der Waals surface area contributed by atoms with E-state index in [1.165, 1.54) is 0 Å². The van der Waals surface area contributed by atoms with Crippen LogP contribution in [0.15, 0.2) is 6.07 Å². The molecule has 5 nitrogen and oxygen atoms in total. The third-order valence-electron chi connectivity index (χ3n) is 3.50. The molecule has 1 fully saturated rings. The summed E-state index contributed by atoms with van der Waals surface area (Å²) in [6.07, 6.45) is 0. The fourth-order valence-corrected chi connectivity index (χ4v) is 2.55. The number of aromatic nitrogens is 2. The summed E-state index contributed by atoms with van der Waals surface area (Å²) in [6, 6.07) is 2.11. The maximum absolute atomic E-state index is 12.5. The molecule has 19 heavy (non-hydrogen) atoms. The Kier molecular flexibility index (Phi) is 3.67. The van der Waals surface area contributed by atoms with E-state index in [1.54, 1.807) is 0 Å². The number of piperazine rings is 1. The van der Waals surface area contributed by atoms with Gasteiger partial charge in [-0.05, 0) is 40.7 Å². The molecule has 2 rings (SSSR count). The molecule has 2 heterocycles. The highest BCUT2D eigenvalue weighted by atomic mass is 16.2. The molecule has 5 heteroatoms. The monoisotopic (exact) mass is 264 g/mol. The highest BCUT2D eigenvalue weighted by Crippen LogP contribution is 2.18. The van der Waals surface area contributed by atoms with Gasteiger partial charge in [0, 0.05) is 31.4 Å². The standard InChI is InChI=1S/C14H24N4O/c1-10-8-12(16-18(10)14(3,4)5)13(19)17-7-6-15-9-11(17)2/h8,11,15H,6-7,9H2,1-5H3/t11-/m0/s1. The van der Waals surface area contributed by atoms with Crippen LogP contribution in [0, 0.1) is 6.92 Å². The fourth-order valence-electron chi connectivity index (χ4n) is 2.55. The topological polar surface area (TPSA) is 50.2 Å². The second kappa shape index (κ2) is 4.96. The summed E-state index contributed by atoms with van der Waals surface area (Å²) in [5.41, 5.74) is 1.48. The lowest BCUT2D eigenvalue weighted by molar-refractivity contribution is 0.0648. The van der Waals surface area contributed by atoms with Crippen molar-refractivity contribution >= 4 is 5.91 Å². The van der Waals surface area contributed by atoms with Gasteiger partial charge in [-0.2, -0.15) is 5.10 Å². The molecule has 0 bridgehead atoms. The first kappa shape index (κ1) is 14.1. The summed E-state index contributed by atoms with van der Waals surface area (Å²) < 4.78 is 1.92. The number of hydrogen-bond donors (Lipinski definition) is 1. The molecule has 1 atom stereocenters. The van der Waals surface area contributed by atoms with Crippen molar-refractivity contribution in [2.24, 2.45) is 0 Å². The Balaban J connectivity index is 2.25. The molecule has 0 aliphatic carbocycles. The van der Waals surface area contributed by atoms with E-state index in [9.17, 15) is 4.79 Å². The number of aryl methyl sites for hydroxylation is 1. The summed E-state index contributed by atoms with van der Waals surface area (Å²) in [6.45, 7) is 12.8. The number of rotatable bonds is 1. The zero-order valence-electron chi connectivity index (χ0n) is 12.5. The van der Waals surface area contributed by atoms with Gasteiger partial charge >= 0.3 is 0 Å². The van der Waals surface area contributed by atoms with E-state index >= 15 is 0 Å². The highest BCUT2D eigenvalue weighted by Gasteiger charge is 2.27. The van der Waals surface area contributed by atoms with Gasteiger partial charge in [0.05, 0.1) is 5.54 Å². The Hall–Kier alpha value is -1.36. The number of nitrogens with one attached hydrogen (secondary N) is 1. The lowest BCUT2D eigenvalue weighted by atomic mass is 10.1. The number of nitrogens with zero attached hydrogens (tertiary/aromatic N) is 3. The zero-order chi connectivity index (χ0) is 14.2. The highest BCUT2D eigenvalue weighted by molar-refractivity contribution is 5.92. The van der Waals surface area contributed by atoms with Gasteiger partial charge in [0.25, 0.3) is 5.91 Å². The Morgan fingerprint density at radius 3 is 2.68 bits per heavy atom. The van der Waals surface area contributed by atoms with Crippen molar-refractivity contribution in [1.29, 1.82) is 0 Å². The van der Waals surface area contributed by atoms with Crippen LogP contribution in [0.1, 0.15) is 43.9 Å². The van der Waals surface area contributed by atoms with Gasteiger partial charge in [-0.3, -0.25) is 9.48 Å². The summed E-state index contributed by atoms with van der Waals surface area (Å²) in [5.74, 6) is 0.0418. The average molecular weight is 264 g/mol. The van der Waals surface area contributed by atoms with Crippen molar-refractivity contribution in [2.75, 3.05) is 19.6 Å². The third-order valence-corrected chi connectivity index (χ3v) is 3.50. The SMILES string of the molecule is Cc1cc(C(=O)N2CCNC[C@@H]2C)nn1C(C)(C)C. The van der Waals surface area contributed by atoms with E-state index in [2.05, 4.69) is 38.1 Å². The van der Waals surface area contributed by atoms with E-state index in [1.807, 2.05) is 22.6 Å². The van der Waals surface area contributed by atoms with Crippen LogP contribution in [0.4, 0.5) is 0 Å². The van der Waals surface area contributed by atoms with Crippen LogP contribution in [0.2, 0.25) is 0 Å². The molecule has 1 saturated heterocycles. The molecule has 0 radical (unpaired) electrons. The van der Waals surface area contributed by atoms with Crippen molar-refractivity contribution in [3.05, 3.63) is 17.5 Å². The maximum Gasteiger partial charge on any atom is 0.274 e. The lowest BCUT2D eigenvalue weighted by Crippen LogP contribution is -2.52. The average Bonchev–Trinajstić information content (AvgIpc) is 2.71. The second-order valence-corrected chi connectivity index (χ2v) is 6.31. The van der Waals surface area contributed by atoms with Gasteiger partial charge < -0.3 is 10.2 Å². The van der Waals surface area contributed by atoms with Crippen molar-refractivity contribution in [2.45, 2.75) is 46.2 Å². The molecule has 1 aromatic heterocycles. The van der Waals surface area contributed by atoms with Gasteiger partial charge in [0.1, 0.15) is 0 Å². The van der Waals surface area contributed by atoms with Crippen LogP contribution >= 0.6 is 0 Å². The van der Waals surface area contributed by atoms with Crippen molar-refractivity contribution in [3.63, 3.8) is 0 Å². The molecular weight excluding hydrogens is 240 g/mol. The van der Waals surface area contributed by atoms with Crippen LogP contribution in [0.3, 0.4) is 0 Å². The number of carbonyl (C=O) groups is 1. The lowest BCUT2D eigenvalue weighted by Gasteiger charge is -2.33. The molecule has 0 aromatic carbocycles. The zero-order valence-corrected chi connectivity index (χ0v) is 12.5. The van der Waals surface area contributed by atoms with E-state index in [4.69, 9.17) is 0 Å². The quantitative estimate of drug-likeness (QED) is 0.833. The molecule has 0 unspecified atom stereocenters. The van der Waals surface area contributed by atoms with E-state index in [-0.39, 0.29) is 17.5 Å². The minimum absolute atomic E-state index is 0.0418. The molecule has 1 aromatic rings. The Labute approximate surface area is 115 Å². The fraction of sp³-hybridized carbons (Fsp3) is 0.714. The molecule has 1 aliphatic heterocycles. The van der Waals surface area contributed by atoms with Gasteiger partial charge in [-0.1, -0.05) is 0 Å². The maximum atomic E-state index is 12.5. The Morgan fingerprint density at radius 1 is 1.47 bits per heavy atom. The normalized spacial score (nSPS) is 20.7. The third kappa shape index (κ3) is 2.81. The minimum atomic E-state index is -0.0995. The summed E-state index contributed by atoms with van der Waals surface area (Å²) in [4.78, 5) is 14.4. The molecule has 0 saturated carbocycles. The van der Waals surface area contributed by atoms with Crippen LogP contribution in [0.5, 0.6) is 0 Å². The molecule has 1 amide bonds. The first-order valence-electron chi connectivity index (χ1n) is 6.89.